The number of hydrogen-bond donors (Lipinski definition) is 1. The number of amides is 1. The van der Waals surface area contributed by atoms with Gasteiger partial charge < -0.3 is 10.1 Å². The second-order valence-corrected chi connectivity index (χ2v) is 9.66. The van der Waals surface area contributed by atoms with Crippen LogP contribution in [-0.2, 0) is 4.79 Å². The Kier molecular flexibility index (Phi) is 7.16. The number of halogens is 1. The highest BCUT2D eigenvalue weighted by molar-refractivity contribution is 9.10. The molecule has 0 aliphatic heterocycles. The zero-order valence-corrected chi connectivity index (χ0v) is 21.3. The number of anilines is 1. The Bertz CT molecular complexity index is 1570. The quantitative estimate of drug-likeness (QED) is 0.178. The number of nitrogens with zero attached hydrogens (tertiary/aromatic N) is 2. The van der Waals surface area contributed by atoms with Crippen molar-refractivity contribution >= 4 is 50.2 Å². The van der Waals surface area contributed by atoms with Gasteiger partial charge in [-0.25, -0.2) is 4.98 Å². The van der Waals surface area contributed by atoms with Crippen LogP contribution in [0.25, 0.3) is 16.6 Å². The summed E-state index contributed by atoms with van der Waals surface area (Å²) in [5.41, 5.74) is 1.74. The average Bonchev–Trinajstić information content (AvgIpc) is 2.90. The van der Waals surface area contributed by atoms with Crippen molar-refractivity contribution in [2.45, 2.75) is 5.16 Å². The highest BCUT2D eigenvalue weighted by Crippen LogP contribution is 2.25. The summed E-state index contributed by atoms with van der Waals surface area (Å²) < 4.78 is 8.24. The van der Waals surface area contributed by atoms with Crippen molar-refractivity contribution in [3.05, 3.63) is 118 Å². The van der Waals surface area contributed by atoms with Gasteiger partial charge >= 0.3 is 0 Å². The van der Waals surface area contributed by atoms with Gasteiger partial charge in [0.1, 0.15) is 11.5 Å². The van der Waals surface area contributed by atoms with E-state index in [0.29, 0.717) is 33.2 Å². The Morgan fingerprint density at radius 2 is 1.53 bits per heavy atom. The highest BCUT2D eigenvalue weighted by Gasteiger charge is 2.15. The molecule has 0 radical (unpaired) electrons. The molecule has 0 bridgehead atoms. The van der Waals surface area contributed by atoms with Gasteiger partial charge in [0.15, 0.2) is 5.16 Å². The summed E-state index contributed by atoms with van der Waals surface area (Å²) in [7, 11) is 0. The number of hydrogen-bond acceptors (Lipinski definition) is 5. The SMILES string of the molecule is O=C(CSc1nc2ccccc2c(=O)n1-c1ccc(Br)cc1)Nc1ccc(Oc2ccccc2)cc1. The van der Waals surface area contributed by atoms with Crippen LogP contribution in [0.2, 0.25) is 0 Å². The van der Waals surface area contributed by atoms with E-state index in [9.17, 15) is 9.59 Å². The molecule has 1 heterocycles. The van der Waals surface area contributed by atoms with Gasteiger partial charge in [-0.15, -0.1) is 0 Å². The van der Waals surface area contributed by atoms with E-state index in [-0.39, 0.29) is 17.2 Å². The van der Waals surface area contributed by atoms with Crippen molar-refractivity contribution in [3.63, 3.8) is 0 Å². The third-order valence-corrected chi connectivity index (χ3v) is 6.75. The number of para-hydroxylation sites is 2. The Balaban J connectivity index is 1.32. The van der Waals surface area contributed by atoms with Crippen LogP contribution in [0.1, 0.15) is 0 Å². The lowest BCUT2D eigenvalue weighted by molar-refractivity contribution is -0.113. The maximum Gasteiger partial charge on any atom is 0.266 e. The topological polar surface area (TPSA) is 73.2 Å². The summed E-state index contributed by atoms with van der Waals surface area (Å²) in [5, 5.41) is 3.85. The molecule has 0 aliphatic carbocycles. The van der Waals surface area contributed by atoms with E-state index in [1.807, 2.05) is 66.7 Å². The number of carbonyl (C=O) groups excluding carboxylic acids is 1. The van der Waals surface area contributed by atoms with Crippen LogP contribution in [0, 0.1) is 0 Å². The van der Waals surface area contributed by atoms with Crippen molar-refractivity contribution < 1.29 is 9.53 Å². The van der Waals surface area contributed by atoms with Crippen LogP contribution >= 0.6 is 27.7 Å². The molecule has 0 unspecified atom stereocenters. The zero-order valence-electron chi connectivity index (χ0n) is 18.9. The van der Waals surface area contributed by atoms with Gasteiger partial charge in [0, 0.05) is 10.2 Å². The minimum Gasteiger partial charge on any atom is -0.457 e. The van der Waals surface area contributed by atoms with Crippen molar-refractivity contribution in [1.82, 2.24) is 9.55 Å². The number of ether oxygens (including phenoxy) is 1. The Morgan fingerprint density at radius 1 is 0.861 bits per heavy atom. The van der Waals surface area contributed by atoms with Crippen molar-refractivity contribution in [2.75, 3.05) is 11.1 Å². The van der Waals surface area contributed by atoms with Crippen LogP contribution in [0.5, 0.6) is 11.5 Å². The molecule has 6 nitrogen and oxygen atoms in total. The molecule has 4 aromatic carbocycles. The molecular formula is C28H20BrN3O3S. The van der Waals surface area contributed by atoms with Crippen LogP contribution in [0.4, 0.5) is 5.69 Å². The van der Waals surface area contributed by atoms with E-state index < -0.39 is 0 Å². The molecule has 1 aromatic heterocycles. The largest absolute Gasteiger partial charge is 0.457 e. The molecule has 1 N–H and O–H groups in total. The molecule has 5 rings (SSSR count). The van der Waals surface area contributed by atoms with E-state index in [1.165, 1.54) is 11.8 Å². The van der Waals surface area contributed by atoms with Crippen molar-refractivity contribution in [2.24, 2.45) is 0 Å². The molecule has 5 aromatic rings. The minimum atomic E-state index is -0.207. The van der Waals surface area contributed by atoms with E-state index in [1.54, 1.807) is 41.0 Å². The Hall–Kier alpha value is -3.88. The fourth-order valence-corrected chi connectivity index (χ4v) is 4.66. The number of carbonyl (C=O) groups is 1. The van der Waals surface area contributed by atoms with Gasteiger partial charge in [0.25, 0.3) is 5.56 Å². The second kappa shape index (κ2) is 10.8. The lowest BCUT2D eigenvalue weighted by Crippen LogP contribution is -2.23. The fourth-order valence-electron chi connectivity index (χ4n) is 3.59. The van der Waals surface area contributed by atoms with Gasteiger partial charge in [-0.2, -0.15) is 0 Å². The first kappa shape index (κ1) is 23.8. The van der Waals surface area contributed by atoms with E-state index in [2.05, 4.69) is 26.2 Å². The van der Waals surface area contributed by atoms with Crippen molar-refractivity contribution in [1.29, 1.82) is 0 Å². The maximum absolute atomic E-state index is 13.3. The lowest BCUT2D eigenvalue weighted by Gasteiger charge is -2.13. The number of thioether (sulfide) groups is 1. The zero-order chi connectivity index (χ0) is 24.9. The second-order valence-electron chi connectivity index (χ2n) is 7.80. The molecule has 0 aliphatic rings. The number of aromatic nitrogens is 2. The molecule has 0 spiro atoms. The maximum atomic E-state index is 13.3. The van der Waals surface area contributed by atoms with Crippen LogP contribution in [-0.4, -0.2) is 21.2 Å². The Labute approximate surface area is 220 Å². The first-order valence-electron chi connectivity index (χ1n) is 11.1. The molecule has 1 amide bonds. The molecule has 36 heavy (non-hydrogen) atoms. The van der Waals surface area contributed by atoms with E-state index >= 15 is 0 Å². The van der Waals surface area contributed by atoms with Crippen LogP contribution in [0.3, 0.4) is 0 Å². The first-order chi connectivity index (χ1) is 17.6. The monoisotopic (exact) mass is 557 g/mol. The van der Waals surface area contributed by atoms with Gasteiger partial charge in [-0.1, -0.05) is 58.0 Å². The highest BCUT2D eigenvalue weighted by atomic mass is 79.9. The van der Waals surface area contributed by atoms with E-state index in [4.69, 9.17) is 4.74 Å². The molecule has 0 fully saturated rings. The summed E-state index contributed by atoms with van der Waals surface area (Å²) in [6, 6.07) is 31.3. The minimum absolute atomic E-state index is 0.0869. The molecule has 0 saturated carbocycles. The summed E-state index contributed by atoms with van der Waals surface area (Å²) in [6.07, 6.45) is 0. The number of nitrogens with one attached hydrogen (secondary N) is 1. The predicted octanol–water partition coefficient (Wildman–Crippen LogP) is 6.67. The predicted molar refractivity (Wildman–Crippen MR) is 147 cm³/mol. The Morgan fingerprint density at radius 3 is 2.28 bits per heavy atom. The van der Waals surface area contributed by atoms with Crippen molar-refractivity contribution in [3.8, 4) is 17.2 Å². The number of fused-ring (bicyclic) bond motifs is 1. The molecule has 8 heteroatoms. The molecule has 0 atom stereocenters. The summed E-state index contributed by atoms with van der Waals surface area (Å²) in [4.78, 5) is 30.7. The normalized spacial score (nSPS) is 10.8. The standard InChI is InChI=1S/C28H20BrN3O3S/c29-19-10-14-21(15-11-19)32-27(34)24-8-4-5-9-25(24)31-28(32)36-18-26(33)30-20-12-16-23(17-13-20)35-22-6-2-1-3-7-22/h1-17H,18H2,(H,30,33). The summed E-state index contributed by atoms with van der Waals surface area (Å²) in [6.45, 7) is 0. The van der Waals surface area contributed by atoms with Gasteiger partial charge in [-0.05, 0) is 72.8 Å². The summed E-state index contributed by atoms with van der Waals surface area (Å²) in [5.74, 6) is 1.29. The first-order valence-corrected chi connectivity index (χ1v) is 12.9. The number of benzene rings is 4. The van der Waals surface area contributed by atoms with Gasteiger partial charge in [0.05, 0.1) is 22.3 Å². The molecule has 0 saturated heterocycles. The molecule has 178 valence electrons. The molecular weight excluding hydrogens is 538 g/mol. The third kappa shape index (κ3) is 5.50. The van der Waals surface area contributed by atoms with Crippen LogP contribution in [0.15, 0.2) is 118 Å². The smallest absolute Gasteiger partial charge is 0.266 e. The number of rotatable bonds is 7. The summed E-state index contributed by atoms with van der Waals surface area (Å²) >= 11 is 4.64. The fraction of sp³-hybridized carbons (Fsp3) is 0.0357. The lowest BCUT2D eigenvalue weighted by atomic mass is 10.2. The van der Waals surface area contributed by atoms with Gasteiger partial charge in [0.2, 0.25) is 5.91 Å². The van der Waals surface area contributed by atoms with Crippen LogP contribution < -0.4 is 15.6 Å². The van der Waals surface area contributed by atoms with E-state index in [0.717, 1.165) is 10.2 Å². The average molecular weight is 558 g/mol. The van der Waals surface area contributed by atoms with Gasteiger partial charge in [-0.3, -0.25) is 14.2 Å². The third-order valence-electron chi connectivity index (χ3n) is 5.28.